The molecule has 0 unspecified atom stereocenters. The van der Waals surface area contributed by atoms with Crippen molar-refractivity contribution in [2.75, 3.05) is 5.32 Å². The molecule has 0 radical (unpaired) electrons. The van der Waals surface area contributed by atoms with Gasteiger partial charge in [-0.2, -0.15) is 5.10 Å². The summed E-state index contributed by atoms with van der Waals surface area (Å²) in [7, 11) is 0. The van der Waals surface area contributed by atoms with Crippen LogP contribution in [0.2, 0.25) is 0 Å². The largest absolute Gasteiger partial charge is 0.322 e. The molecule has 10 nitrogen and oxygen atoms in total. The topological polar surface area (TPSA) is 127 Å². The highest BCUT2D eigenvalue weighted by atomic mass is 16.6. The Hall–Kier alpha value is -4.34. The van der Waals surface area contributed by atoms with Crippen LogP contribution in [0.25, 0.3) is 0 Å². The number of aromatic nitrogens is 2. The number of imide groups is 1. The van der Waals surface area contributed by atoms with E-state index in [2.05, 4.69) is 10.4 Å². The van der Waals surface area contributed by atoms with Gasteiger partial charge in [0.15, 0.2) is 0 Å². The highest BCUT2D eigenvalue weighted by Crippen LogP contribution is 2.23. The second-order valence-electron chi connectivity index (χ2n) is 8.16. The molecule has 0 bridgehead atoms. The lowest BCUT2D eigenvalue weighted by molar-refractivity contribution is -0.386. The van der Waals surface area contributed by atoms with E-state index in [4.69, 9.17) is 0 Å². The van der Waals surface area contributed by atoms with Crippen LogP contribution < -0.4 is 5.32 Å². The third-order valence-corrected chi connectivity index (χ3v) is 5.78. The van der Waals surface area contributed by atoms with Crippen LogP contribution in [0.1, 0.15) is 45.7 Å². The first kappa shape index (κ1) is 22.8. The van der Waals surface area contributed by atoms with Gasteiger partial charge in [0, 0.05) is 24.1 Å². The van der Waals surface area contributed by atoms with E-state index in [0.717, 1.165) is 11.1 Å². The lowest BCUT2D eigenvalue weighted by Crippen LogP contribution is -2.28. The molecule has 1 fully saturated rings. The van der Waals surface area contributed by atoms with Crippen molar-refractivity contribution in [2.24, 2.45) is 0 Å². The smallest absolute Gasteiger partial charge is 0.312 e. The standard InChI is InChI=1S/C24H23N5O5/c1-15-23(29(33)34)16(2)28(26-15)14-18-3-7-19(8-4-18)24(32)25-20-9-5-17(6-10-20)13-27-21(30)11-12-22(27)31/h3-10H,11-14H2,1-2H3,(H,25,32). The highest BCUT2D eigenvalue weighted by molar-refractivity contribution is 6.04. The number of nitrogens with one attached hydrogen (secondary N) is 1. The second-order valence-corrected chi connectivity index (χ2v) is 8.16. The number of aryl methyl sites for hydroxylation is 1. The Kier molecular flexibility index (Phi) is 6.22. The molecule has 1 aliphatic rings. The lowest BCUT2D eigenvalue weighted by atomic mass is 10.1. The van der Waals surface area contributed by atoms with Gasteiger partial charge in [-0.1, -0.05) is 24.3 Å². The van der Waals surface area contributed by atoms with Crippen molar-refractivity contribution < 1.29 is 19.3 Å². The number of hydrogen-bond donors (Lipinski definition) is 1. The highest BCUT2D eigenvalue weighted by Gasteiger charge is 2.28. The van der Waals surface area contributed by atoms with Crippen LogP contribution in [0.15, 0.2) is 48.5 Å². The summed E-state index contributed by atoms with van der Waals surface area (Å²) in [6.45, 7) is 3.84. The van der Waals surface area contributed by atoms with Crippen molar-refractivity contribution in [3.05, 3.63) is 86.7 Å². The minimum Gasteiger partial charge on any atom is -0.322 e. The number of carbonyl (C=O) groups excluding carboxylic acids is 3. The van der Waals surface area contributed by atoms with E-state index in [0.29, 0.717) is 29.2 Å². The Morgan fingerprint density at radius 3 is 2.09 bits per heavy atom. The van der Waals surface area contributed by atoms with Crippen LogP contribution in [0, 0.1) is 24.0 Å². The van der Waals surface area contributed by atoms with Gasteiger partial charge in [-0.25, -0.2) is 0 Å². The first-order valence-electron chi connectivity index (χ1n) is 10.7. The lowest BCUT2D eigenvalue weighted by Gasteiger charge is -2.14. The number of anilines is 1. The summed E-state index contributed by atoms with van der Waals surface area (Å²) in [6.07, 6.45) is 0.514. The van der Waals surface area contributed by atoms with E-state index in [-0.39, 0.29) is 42.8 Å². The predicted octanol–water partition coefficient (Wildman–Crippen LogP) is 3.36. The number of rotatable bonds is 7. The number of benzene rings is 2. The van der Waals surface area contributed by atoms with E-state index < -0.39 is 4.92 Å². The molecule has 0 saturated carbocycles. The van der Waals surface area contributed by atoms with E-state index in [1.807, 2.05) is 0 Å². The van der Waals surface area contributed by atoms with Crippen LogP contribution in [-0.4, -0.2) is 37.3 Å². The molecule has 4 rings (SSSR count). The molecule has 0 atom stereocenters. The molecular formula is C24H23N5O5. The van der Waals surface area contributed by atoms with Gasteiger partial charge in [0.05, 0.1) is 18.0 Å². The zero-order valence-corrected chi connectivity index (χ0v) is 18.8. The first-order chi connectivity index (χ1) is 16.2. The molecule has 1 aromatic heterocycles. The van der Waals surface area contributed by atoms with Gasteiger partial charge >= 0.3 is 5.69 Å². The van der Waals surface area contributed by atoms with Crippen LogP contribution in [0.3, 0.4) is 0 Å². The third-order valence-electron chi connectivity index (χ3n) is 5.78. The van der Waals surface area contributed by atoms with Crippen LogP contribution in [0.5, 0.6) is 0 Å². The Morgan fingerprint density at radius 2 is 1.53 bits per heavy atom. The molecule has 3 amide bonds. The summed E-state index contributed by atoms with van der Waals surface area (Å²) >= 11 is 0. The van der Waals surface area contributed by atoms with Gasteiger partial charge in [0.25, 0.3) is 5.91 Å². The molecule has 10 heteroatoms. The third kappa shape index (κ3) is 4.70. The van der Waals surface area contributed by atoms with E-state index in [1.165, 1.54) is 4.90 Å². The SMILES string of the molecule is Cc1nn(Cc2ccc(C(=O)Nc3ccc(CN4C(=O)CCC4=O)cc3)cc2)c(C)c1[N+](=O)[O-]. The number of nitro groups is 1. The van der Waals surface area contributed by atoms with E-state index >= 15 is 0 Å². The van der Waals surface area contributed by atoms with Crippen molar-refractivity contribution in [3.8, 4) is 0 Å². The zero-order chi connectivity index (χ0) is 24.4. The quantitative estimate of drug-likeness (QED) is 0.326. The average molecular weight is 461 g/mol. The van der Waals surface area contributed by atoms with Crippen molar-refractivity contribution in [1.29, 1.82) is 0 Å². The Balaban J connectivity index is 1.37. The maximum absolute atomic E-state index is 12.6. The van der Waals surface area contributed by atoms with Crippen LogP contribution in [0.4, 0.5) is 11.4 Å². The summed E-state index contributed by atoms with van der Waals surface area (Å²) in [5.41, 5.74) is 3.56. The normalized spacial score (nSPS) is 13.4. The minimum absolute atomic E-state index is 0.0145. The predicted molar refractivity (Wildman–Crippen MR) is 123 cm³/mol. The van der Waals surface area contributed by atoms with Crippen molar-refractivity contribution in [2.45, 2.75) is 39.8 Å². The maximum atomic E-state index is 12.6. The molecule has 0 aliphatic carbocycles. The molecule has 1 saturated heterocycles. The fraction of sp³-hybridized carbons (Fsp3) is 0.250. The first-order valence-corrected chi connectivity index (χ1v) is 10.7. The average Bonchev–Trinajstić information content (AvgIpc) is 3.27. The molecule has 174 valence electrons. The fourth-order valence-corrected chi connectivity index (χ4v) is 3.92. The molecule has 3 aromatic rings. The number of carbonyl (C=O) groups is 3. The summed E-state index contributed by atoms with van der Waals surface area (Å²) in [5.74, 6) is -0.616. The summed E-state index contributed by atoms with van der Waals surface area (Å²) < 4.78 is 1.58. The minimum atomic E-state index is -0.431. The number of nitrogens with zero attached hydrogens (tertiary/aromatic N) is 4. The van der Waals surface area contributed by atoms with Gasteiger partial charge in [-0.3, -0.25) is 34.1 Å². The number of hydrogen-bond acceptors (Lipinski definition) is 6. The van der Waals surface area contributed by atoms with Crippen LogP contribution >= 0.6 is 0 Å². The Morgan fingerprint density at radius 1 is 0.971 bits per heavy atom. The monoisotopic (exact) mass is 461 g/mol. The molecule has 2 aromatic carbocycles. The summed E-state index contributed by atoms with van der Waals surface area (Å²) in [5, 5.41) is 18.2. The summed E-state index contributed by atoms with van der Waals surface area (Å²) in [4.78, 5) is 48.1. The van der Waals surface area contributed by atoms with Gasteiger partial charge in [0.1, 0.15) is 11.4 Å². The fourth-order valence-electron chi connectivity index (χ4n) is 3.92. The molecule has 34 heavy (non-hydrogen) atoms. The van der Waals surface area contributed by atoms with Crippen molar-refractivity contribution in [3.63, 3.8) is 0 Å². The number of likely N-dealkylation sites (tertiary alicyclic amines) is 1. The van der Waals surface area contributed by atoms with Gasteiger partial charge in [-0.05, 0) is 49.2 Å². The maximum Gasteiger partial charge on any atom is 0.312 e. The van der Waals surface area contributed by atoms with Gasteiger partial charge < -0.3 is 5.32 Å². The van der Waals surface area contributed by atoms with E-state index in [9.17, 15) is 24.5 Å². The molecular weight excluding hydrogens is 438 g/mol. The zero-order valence-electron chi connectivity index (χ0n) is 18.8. The Labute approximate surface area is 195 Å². The molecule has 0 spiro atoms. The van der Waals surface area contributed by atoms with Crippen molar-refractivity contribution in [1.82, 2.24) is 14.7 Å². The number of amides is 3. The van der Waals surface area contributed by atoms with Crippen molar-refractivity contribution >= 4 is 29.1 Å². The van der Waals surface area contributed by atoms with E-state index in [1.54, 1.807) is 67.1 Å². The Bertz CT molecular complexity index is 1260. The van der Waals surface area contributed by atoms with Gasteiger partial charge in [-0.15, -0.1) is 0 Å². The summed E-state index contributed by atoms with van der Waals surface area (Å²) in [6, 6.07) is 13.9. The molecule has 1 aliphatic heterocycles. The van der Waals surface area contributed by atoms with Gasteiger partial charge in [0.2, 0.25) is 11.8 Å². The molecule has 1 N–H and O–H groups in total. The molecule has 2 heterocycles. The van der Waals surface area contributed by atoms with Crippen LogP contribution in [-0.2, 0) is 22.7 Å². The second kappa shape index (κ2) is 9.26.